The minimum atomic E-state index is -0.147. The van der Waals surface area contributed by atoms with Crippen molar-refractivity contribution in [2.24, 2.45) is 0 Å². The number of hydrogen-bond donors (Lipinski definition) is 1. The number of hydrogen-bond acceptors (Lipinski definition) is 4. The van der Waals surface area contributed by atoms with Crippen LogP contribution in [0.3, 0.4) is 0 Å². The Bertz CT molecular complexity index is 835. The van der Waals surface area contributed by atoms with Crippen LogP contribution in [0.1, 0.15) is 4.88 Å². The summed E-state index contributed by atoms with van der Waals surface area (Å²) in [7, 11) is 1.60. The Morgan fingerprint density at radius 2 is 1.81 bits per heavy atom. The Balaban J connectivity index is 2.29. The van der Waals surface area contributed by atoms with Crippen LogP contribution in [-0.4, -0.2) is 12.2 Å². The number of aliphatic hydroxyl groups is 1. The minimum absolute atomic E-state index is 0.0430. The van der Waals surface area contributed by atoms with Crippen molar-refractivity contribution in [2.45, 2.75) is 6.61 Å². The first-order valence-electron chi connectivity index (χ1n) is 6.54. The molecule has 0 amide bonds. The van der Waals surface area contributed by atoms with Gasteiger partial charge in [0.05, 0.1) is 13.7 Å². The van der Waals surface area contributed by atoms with E-state index in [1.165, 1.54) is 11.3 Å². The summed E-state index contributed by atoms with van der Waals surface area (Å²) in [6.07, 6.45) is 0. The molecule has 3 aromatic rings. The molecule has 0 aliphatic heterocycles. The predicted molar refractivity (Wildman–Crippen MR) is 86.0 cm³/mol. The van der Waals surface area contributed by atoms with Crippen molar-refractivity contribution in [3.8, 4) is 16.9 Å². The van der Waals surface area contributed by atoms with E-state index in [0.717, 1.165) is 16.0 Å². The Morgan fingerprint density at radius 3 is 2.48 bits per heavy atom. The van der Waals surface area contributed by atoms with E-state index in [4.69, 9.17) is 4.74 Å². The molecule has 1 aromatic heterocycles. The van der Waals surface area contributed by atoms with Crippen molar-refractivity contribution in [2.75, 3.05) is 7.11 Å². The largest absolute Gasteiger partial charge is 0.497 e. The molecule has 0 aliphatic rings. The normalized spacial score (nSPS) is 10.8. The zero-order chi connectivity index (χ0) is 14.8. The lowest BCUT2D eigenvalue weighted by atomic mass is 10.0. The molecule has 0 radical (unpaired) electrons. The van der Waals surface area contributed by atoms with Gasteiger partial charge in [0.25, 0.3) is 0 Å². The van der Waals surface area contributed by atoms with Crippen LogP contribution in [0.15, 0.2) is 53.3 Å². The standard InChI is InChI=1S/C17H14O3S/c1-20-12-8-6-11(7-9-12)16-15(10-18)21-14-5-3-2-4-13(14)17(16)19/h2-9,18H,10H2,1H3. The number of methoxy groups -OCH3 is 1. The fraction of sp³-hybridized carbons (Fsp3) is 0.118. The molecule has 3 nitrogen and oxygen atoms in total. The van der Waals surface area contributed by atoms with E-state index < -0.39 is 0 Å². The van der Waals surface area contributed by atoms with Crippen LogP contribution in [0.4, 0.5) is 0 Å². The number of rotatable bonds is 3. The van der Waals surface area contributed by atoms with Gasteiger partial charge in [0.1, 0.15) is 5.75 Å². The van der Waals surface area contributed by atoms with Gasteiger partial charge in [-0.3, -0.25) is 4.79 Å². The topological polar surface area (TPSA) is 46.5 Å². The van der Waals surface area contributed by atoms with E-state index in [-0.39, 0.29) is 12.0 Å². The molecule has 21 heavy (non-hydrogen) atoms. The first-order valence-corrected chi connectivity index (χ1v) is 7.36. The second-order valence-corrected chi connectivity index (χ2v) is 5.75. The highest BCUT2D eigenvalue weighted by molar-refractivity contribution is 7.18. The third-order valence-electron chi connectivity index (χ3n) is 3.39. The van der Waals surface area contributed by atoms with E-state index in [1.807, 2.05) is 48.5 Å². The third kappa shape index (κ3) is 2.44. The van der Waals surface area contributed by atoms with E-state index in [9.17, 15) is 9.90 Å². The van der Waals surface area contributed by atoms with Gasteiger partial charge in [-0.25, -0.2) is 0 Å². The van der Waals surface area contributed by atoms with Crippen molar-refractivity contribution < 1.29 is 9.84 Å². The van der Waals surface area contributed by atoms with E-state index >= 15 is 0 Å². The highest BCUT2D eigenvalue weighted by atomic mass is 32.1. The molecule has 3 rings (SSSR count). The highest BCUT2D eigenvalue weighted by Gasteiger charge is 2.13. The van der Waals surface area contributed by atoms with Crippen molar-refractivity contribution in [1.82, 2.24) is 0 Å². The zero-order valence-electron chi connectivity index (χ0n) is 11.5. The van der Waals surface area contributed by atoms with Gasteiger partial charge in [-0.1, -0.05) is 24.3 Å². The number of fused-ring (bicyclic) bond motifs is 1. The Labute approximate surface area is 126 Å². The van der Waals surface area contributed by atoms with E-state index in [0.29, 0.717) is 15.8 Å². The maximum absolute atomic E-state index is 12.7. The van der Waals surface area contributed by atoms with Crippen LogP contribution in [0, 0.1) is 0 Å². The third-order valence-corrected chi connectivity index (χ3v) is 4.55. The van der Waals surface area contributed by atoms with Crippen LogP contribution in [-0.2, 0) is 6.61 Å². The Morgan fingerprint density at radius 1 is 1.10 bits per heavy atom. The lowest BCUT2D eigenvalue weighted by Crippen LogP contribution is -2.07. The van der Waals surface area contributed by atoms with Crippen LogP contribution < -0.4 is 10.2 Å². The molecule has 1 N–H and O–H groups in total. The summed E-state index contributed by atoms with van der Waals surface area (Å²) in [5.41, 5.74) is 1.33. The molecule has 0 saturated heterocycles. The predicted octanol–water partition coefficient (Wildman–Crippen LogP) is 3.43. The van der Waals surface area contributed by atoms with Crippen LogP contribution in [0.2, 0.25) is 0 Å². The van der Waals surface area contributed by atoms with Crippen LogP contribution >= 0.6 is 11.3 Å². The van der Waals surface area contributed by atoms with Gasteiger partial charge in [-0.05, 0) is 29.8 Å². The van der Waals surface area contributed by atoms with Crippen molar-refractivity contribution >= 4 is 21.4 Å². The van der Waals surface area contributed by atoms with E-state index in [2.05, 4.69) is 0 Å². The average molecular weight is 298 g/mol. The van der Waals surface area contributed by atoms with E-state index in [1.54, 1.807) is 7.11 Å². The van der Waals surface area contributed by atoms with Crippen molar-refractivity contribution in [3.63, 3.8) is 0 Å². The van der Waals surface area contributed by atoms with Crippen molar-refractivity contribution in [1.29, 1.82) is 0 Å². The lowest BCUT2D eigenvalue weighted by molar-refractivity contribution is 0.286. The van der Waals surface area contributed by atoms with Crippen molar-refractivity contribution in [3.05, 3.63) is 63.6 Å². The van der Waals surface area contributed by atoms with Gasteiger partial charge in [-0.2, -0.15) is 0 Å². The summed E-state index contributed by atoms with van der Waals surface area (Å²) < 4.78 is 6.03. The van der Waals surface area contributed by atoms with Gasteiger partial charge in [0.15, 0.2) is 5.43 Å². The molecular weight excluding hydrogens is 284 g/mol. The summed E-state index contributed by atoms with van der Waals surface area (Å²) >= 11 is 1.45. The van der Waals surface area contributed by atoms with Gasteiger partial charge in [0.2, 0.25) is 0 Å². The summed E-state index contributed by atoms with van der Waals surface area (Å²) in [5, 5.41) is 10.3. The molecule has 0 spiro atoms. The minimum Gasteiger partial charge on any atom is -0.497 e. The van der Waals surface area contributed by atoms with Crippen LogP contribution in [0.5, 0.6) is 5.75 Å². The van der Waals surface area contributed by atoms with Gasteiger partial charge in [0, 0.05) is 20.5 Å². The lowest BCUT2D eigenvalue weighted by Gasteiger charge is -2.09. The van der Waals surface area contributed by atoms with Crippen LogP contribution in [0.25, 0.3) is 21.2 Å². The average Bonchev–Trinajstić information content (AvgIpc) is 2.55. The fourth-order valence-electron chi connectivity index (χ4n) is 2.35. The molecular formula is C17H14O3S. The molecule has 2 aromatic carbocycles. The molecule has 1 heterocycles. The first-order chi connectivity index (χ1) is 10.2. The molecule has 0 fully saturated rings. The zero-order valence-corrected chi connectivity index (χ0v) is 12.3. The summed E-state index contributed by atoms with van der Waals surface area (Å²) in [4.78, 5) is 13.4. The van der Waals surface area contributed by atoms with Gasteiger partial charge >= 0.3 is 0 Å². The quantitative estimate of drug-likeness (QED) is 0.806. The number of aliphatic hydroxyl groups excluding tert-OH is 1. The summed E-state index contributed by atoms with van der Waals surface area (Å²) in [6.45, 7) is -0.147. The molecule has 4 heteroatoms. The Kier molecular flexibility index (Phi) is 3.73. The molecule has 0 saturated carbocycles. The molecule has 106 valence electrons. The summed E-state index contributed by atoms with van der Waals surface area (Å²) in [5.74, 6) is 0.737. The number of benzene rings is 2. The maximum Gasteiger partial charge on any atom is 0.196 e. The fourth-order valence-corrected chi connectivity index (χ4v) is 3.41. The van der Waals surface area contributed by atoms with Gasteiger partial charge in [-0.15, -0.1) is 11.3 Å². The number of ether oxygens (including phenoxy) is 1. The summed E-state index contributed by atoms with van der Waals surface area (Å²) in [6, 6.07) is 14.8. The second-order valence-electron chi connectivity index (χ2n) is 4.61. The second kappa shape index (κ2) is 5.68. The SMILES string of the molecule is COc1ccc(-c2c(CO)sc3ccccc3c2=O)cc1. The monoisotopic (exact) mass is 298 g/mol. The highest BCUT2D eigenvalue weighted by Crippen LogP contribution is 2.29. The molecule has 0 aliphatic carbocycles. The van der Waals surface area contributed by atoms with Gasteiger partial charge < -0.3 is 9.84 Å². The smallest absolute Gasteiger partial charge is 0.196 e. The molecule has 0 bridgehead atoms. The molecule has 0 atom stereocenters. The maximum atomic E-state index is 12.7. The molecule has 0 unspecified atom stereocenters. The Hall–Kier alpha value is -2.17. The first kappa shape index (κ1) is 13.8.